The molecule has 0 radical (unpaired) electrons. The number of amides is 5. The highest BCUT2D eigenvalue weighted by atomic mass is 16.6. The van der Waals surface area contributed by atoms with Crippen LogP contribution < -0.4 is 21.3 Å². The first-order valence-electron chi connectivity index (χ1n) is 17.3. The first kappa shape index (κ1) is 40.3. The van der Waals surface area contributed by atoms with E-state index in [1.54, 1.807) is 58.9 Å². The minimum absolute atomic E-state index is 0.0432. The Balaban J connectivity index is 1.77. The molecule has 5 N–H and O–H groups in total. The number of carbonyl (C=O) groups excluding carboxylic acids is 5. The Morgan fingerprint density at radius 2 is 1.45 bits per heavy atom. The summed E-state index contributed by atoms with van der Waals surface area (Å²) in [6, 6.07) is 13.7. The molecule has 0 unspecified atom stereocenters. The van der Waals surface area contributed by atoms with E-state index in [4.69, 9.17) is 9.47 Å². The van der Waals surface area contributed by atoms with E-state index in [1.165, 1.54) is 4.90 Å². The van der Waals surface area contributed by atoms with Gasteiger partial charge in [-0.15, -0.1) is 0 Å². The molecule has 1 heterocycles. The second-order valence-corrected chi connectivity index (χ2v) is 13.8. The predicted octanol–water partition coefficient (Wildman–Crippen LogP) is 3.53. The topological polar surface area (TPSA) is 192 Å². The lowest BCUT2D eigenvalue weighted by atomic mass is 10.0. The van der Waals surface area contributed by atoms with Crippen LogP contribution in [0.4, 0.5) is 9.59 Å². The third-order valence-electron chi connectivity index (χ3n) is 8.12. The fourth-order valence-corrected chi connectivity index (χ4v) is 5.58. The lowest BCUT2D eigenvalue weighted by molar-refractivity contribution is -0.149. The molecule has 14 nitrogen and oxygen atoms in total. The number of carbonyl (C=O) groups is 6. The summed E-state index contributed by atoms with van der Waals surface area (Å²) < 4.78 is 10.6. The van der Waals surface area contributed by atoms with Crippen LogP contribution >= 0.6 is 0 Å². The molecule has 0 saturated carbocycles. The number of aliphatic carboxylic acids is 1. The quantitative estimate of drug-likeness (QED) is 0.162. The van der Waals surface area contributed by atoms with Crippen molar-refractivity contribution in [1.29, 1.82) is 0 Å². The number of hydrogen-bond donors (Lipinski definition) is 5. The Morgan fingerprint density at radius 1 is 0.843 bits per heavy atom. The van der Waals surface area contributed by atoms with Gasteiger partial charge in [-0.1, -0.05) is 74.5 Å². The molecular weight excluding hydrogens is 658 g/mol. The highest BCUT2D eigenvalue weighted by Gasteiger charge is 2.39. The average Bonchev–Trinajstić information content (AvgIpc) is 3.57. The minimum atomic E-state index is -1.19. The molecule has 14 heteroatoms. The Bertz CT molecular complexity index is 1480. The van der Waals surface area contributed by atoms with Gasteiger partial charge in [0, 0.05) is 19.5 Å². The molecule has 1 saturated heterocycles. The summed E-state index contributed by atoms with van der Waals surface area (Å²) in [5.41, 5.74) is 0.743. The Morgan fingerprint density at radius 3 is 2.04 bits per heavy atom. The molecule has 0 bridgehead atoms. The fraction of sp³-hybridized carbons (Fsp3) is 0.514. The smallest absolute Gasteiger partial charge is 0.408 e. The first-order valence-corrected chi connectivity index (χ1v) is 17.3. The summed E-state index contributed by atoms with van der Waals surface area (Å²) in [5.74, 6) is -3.39. The normalized spacial score (nSPS) is 16.0. The van der Waals surface area contributed by atoms with Gasteiger partial charge < -0.3 is 40.7 Å². The molecule has 4 atom stereocenters. The molecule has 0 aliphatic carbocycles. The Kier molecular flexibility index (Phi) is 15.3. The van der Waals surface area contributed by atoms with Crippen LogP contribution in [0.25, 0.3) is 0 Å². The number of likely N-dealkylation sites (tertiary alicyclic amines) is 1. The van der Waals surface area contributed by atoms with E-state index in [9.17, 15) is 33.9 Å². The summed E-state index contributed by atoms with van der Waals surface area (Å²) >= 11 is 0. The standard InChI is InChI=1S/C37H51N5O9/c1-24(2)30(41-36(49)51-37(3,4)5)32(44)39-27(18-12-20-38-35(48)50-23-26-16-10-7-11-17-26)31(43)40-28(22-25-14-8-6-9-15-25)33(45)42-21-13-19-29(42)34(46)47/h6-11,14-17,24,27-30H,12-13,18-23H2,1-5H3,(H,38,48)(H,39,44)(H,40,43)(H,41,49)(H,46,47)/t27-,28+,29-,30-/m0/s1. The van der Waals surface area contributed by atoms with Gasteiger partial charge in [0.15, 0.2) is 0 Å². The molecule has 278 valence electrons. The monoisotopic (exact) mass is 709 g/mol. The van der Waals surface area contributed by atoms with Crippen molar-refractivity contribution in [3.63, 3.8) is 0 Å². The maximum absolute atomic E-state index is 14.0. The maximum atomic E-state index is 14.0. The number of benzene rings is 2. The number of nitrogens with zero attached hydrogens (tertiary/aromatic N) is 1. The molecule has 51 heavy (non-hydrogen) atoms. The van der Waals surface area contributed by atoms with Crippen LogP contribution in [0.2, 0.25) is 0 Å². The van der Waals surface area contributed by atoms with Crippen LogP contribution in [0.5, 0.6) is 0 Å². The van der Waals surface area contributed by atoms with Gasteiger partial charge in [-0.05, 0) is 63.5 Å². The zero-order valence-electron chi connectivity index (χ0n) is 30.0. The molecule has 1 fully saturated rings. The third kappa shape index (κ3) is 13.6. The number of carboxylic acid groups (broad SMARTS) is 1. The molecule has 2 aromatic rings. The van der Waals surface area contributed by atoms with Crippen LogP contribution in [-0.2, 0) is 41.7 Å². The highest BCUT2D eigenvalue weighted by molar-refractivity contribution is 5.95. The largest absolute Gasteiger partial charge is 0.480 e. The average molecular weight is 710 g/mol. The van der Waals surface area contributed by atoms with Crippen LogP contribution in [0.1, 0.15) is 71.4 Å². The van der Waals surface area contributed by atoms with Gasteiger partial charge in [-0.25, -0.2) is 14.4 Å². The van der Waals surface area contributed by atoms with Crippen LogP contribution in [0, 0.1) is 5.92 Å². The number of rotatable bonds is 16. The Labute approximate surface area is 299 Å². The van der Waals surface area contributed by atoms with Gasteiger partial charge in [-0.3, -0.25) is 14.4 Å². The predicted molar refractivity (Wildman–Crippen MR) is 188 cm³/mol. The zero-order chi connectivity index (χ0) is 37.6. The second-order valence-electron chi connectivity index (χ2n) is 13.8. The van der Waals surface area contributed by atoms with Gasteiger partial charge in [0.2, 0.25) is 17.7 Å². The molecule has 0 spiro atoms. The van der Waals surface area contributed by atoms with Gasteiger partial charge in [0.05, 0.1) is 0 Å². The van der Waals surface area contributed by atoms with Crippen molar-refractivity contribution in [3.05, 3.63) is 71.8 Å². The van der Waals surface area contributed by atoms with Gasteiger partial charge >= 0.3 is 18.2 Å². The van der Waals surface area contributed by atoms with Crippen molar-refractivity contribution in [2.45, 2.75) is 103 Å². The van der Waals surface area contributed by atoms with Crippen molar-refractivity contribution in [3.8, 4) is 0 Å². The number of carboxylic acids is 1. The van der Waals surface area contributed by atoms with Crippen molar-refractivity contribution in [1.82, 2.24) is 26.2 Å². The van der Waals surface area contributed by atoms with E-state index < -0.39 is 71.6 Å². The van der Waals surface area contributed by atoms with Crippen molar-refractivity contribution >= 4 is 35.9 Å². The molecule has 1 aliphatic rings. The lowest BCUT2D eigenvalue weighted by Gasteiger charge is -2.30. The number of ether oxygens (including phenoxy) is 2. The van der Waals surface area contributed by atoms with Crippen LogP contribution in [-0.4, -0.2) is 88.7 Å². The second kappa shape index (κ2) is 19.3. The van der Waals surface area contributed by atoms with E-state index in [1.807, 2.05) is 36.4 Å². The summed E-state index contributed by atoms with van der Waals surface area (Å²) in [4.78, 5) is 79.5. The minimum Gasteiger partial charge on any atom is -0.480 e. The molecular formula is C37H51N5O9. The molecule has 2 aromatic carbocycles. The van der Waals surface area contributed by atoms with Crippen molar-refractivity contribution in [2.75, 3.05) is 13.1 Å². The number of alkyl carbamates (subject to hydrolysis) is 2. The Hall–Kier alpha value is -5.14. The maximum Gasteiger partial charge on any atom is 0.408 e. The van der Waals surface area contributed by atoms with E-state index in [2.05, 4.69) is 21.3 Å². The van der Waals surface area contributed by atoms with E-state index >= 15 is 0 Å². The lowest BCUT2D eigenvalue weighted by Crippen LogP contribution is -2.59. The molecule has 1 aliphatic heterocycles. The van der Waals surface area contributed by atoms with Crippen molar-refractivity contribution in [2.24, 2.45) is 5.92 Å². The SMILES string of the molecule is CC(C)[C@H](NC(=O)OC(C)(C)C)C(=O)N[C@@H](CCCNC(=O)OCc1ccccc1)C(=O)N[C@H](Cc1ccccc1)C(=O)N1CCC[C@H]1C(=O)O. The molecule has 0 aromatic heterocycles. The summed E-state index contributed by atoms with van der Waals surface area (Å²) in [7, 11) is 0. The molecule has 3 rings (SSSR count). The van der Waals surface area contributed by atoms with Crippen LogP contribution in [0.3, 0.4) is 0 Å². The third-order valence-corrected chi connectivity index (χ3v) is 8.12. The van der Waals surface area contributed by atoms with Gasteiger partial charge in [0.1, 0.15) is 36.4 Å². The molecule has 5 amide bonds. The van der Waals surface area contributed by atoms with Gasteiger partial charge in [-0.2, -0.15) is 0 Å². The highest BCUT2D eigenvalue weighted by Crippen LogP contribution is 2.20. The number of hydrogen-bond acceptors (Lipinski definition) is 8. The van der Waals surface area contributed by atoms with Gasteiger partial charge in [0.25, 0.3) is 0 Å². The van der Waals surface area contributed by atoms with E-state index in [0.717, 1.165) is 11.1 Å². The fourth-order valence-electron chi connectivity index (χ4n) is 5.58. The summed E-state index contributed by atoms with van der Waals surface area (Å²) in [5, 5.41) is 20.4. The summed E-state index contributed by atoms with van der Waals surface area (Å²) in [6.07, 6.45) is -0.293. The zero-order valence-corrected chi connectivity index (χ0v) is 30.0. The van der Waals surface area contributed by atoms with E-state index in [-0.39, 0.29) is 39.0 Å². The van der Waals surface area contributed by atoms with Crippen LogP contribution in [0.15, 0.2) is 60.7 Å². The summed E-state index contributed by atoms with van der Waals surface area (Å²) in [6.45, 7) is 8.94. The number of nitrogens with one attached hydrogen (secondary N) is 4. The van der Waals surface area contributed by atoms with E-state index in [0.29, 0.717) is 12.8 Å². The van der Waals surface area contributed by atoms with Crippen molar-refractivity contribution < 1.29 is 43.3 Å². The first-order chi connectivity index (χ1) is 24.1.